The van der Waals surface area contributed by atoms with Crippen LogP contribution in [0.15, 0.2) is 47.6 Å². The average molecular weight is 408 g/mol. The second-order valence-corrected chi connectivity index (χ2v) is 8.07. The molecule has 1 aromatic carbocycles. The molecule has 1 fully saturated rings. The molecular weight excluding hydrogens is 378 g/mol. The van der Waals surface area contributed by atoms with Crippen LogP contribution in [0, 0.1) is 0 Å². The van der Waals surface area contributed by atoms with Gasteiger partial charge in [-0.05, 0) is 24.1 Å². The summed E-state index contributed by atoms with van der Waals surface area (Å²) < 4.78 is 10.9. The fourth-order valence-electron chi connectivity index (χ4n) is 4.26. The van der Waals surface area contributed by atoms with E-state index in [4.69, 9.17) is 14.5 Å². The number of fused-ring (bicyclic) bond motifs is 1. The Morgan fingerprint density at radius 3 is 2.93 bits per heavy atom. The summed E-state index contributed by atoms with van der Waals surface area (Å²) in [5.74, 6) is 1.25. The number of pyridine rings is 1. The Morgan fingerprint density at radius 2 is 2.17 bits per heavy atom. The molecule has 2 aliphatic heterocycles. The van der Waals surface area contributed by atoms with Crippen molar-refractivity contribution in [2.45, 2.75) is 38.3 Å². The molecule has 6 nitrogen and oxygen atoms in total. The normalized spacial score (nSPS) is 19.3. The number of carbonyl (C=O) groups is 1. The van der Waals surface area contributed by atoms with Gasteiger partial charge in [0.2, 0.25) is 0 Å². The fraction of sp³-hybridized carbons (Fsp3) is 0.458. The Labute approximate surface area is 177 Å². The largest absolute Gasteiger partial charge is 0.384 e. The number of nitrogens with zero attached hydrogens (tertiary/aromatic N) is 3. The number of ketones is 1. The molecule has 0 aliphatic carbocycles. The molecule has 2 aliphatic rings. The van der Waals surface area contributed by atoms with Crippen molar-refractivity contribution in [2.75, 3.05) is 33.5 Å². The molecule has 4 rings (SSSR count). The summed E-state index contributed by atoms with van der Waals surface area (Å²) in [6.07, 6.45) is 2.67. The lowest BCUT2D eigenvalue weighted by Crippen LogP contribution is -2.47. The lowest BCUT2D eigenvalue weighted by molar-refractivity contribution is -0.119. The minimum absolute atomic E-state index is 0.0656. The topological polar surface area (TPSA) is 64.0 Å². The van der Waals surface area contributed by atoms with Crippen molar-refractivity contribution >= 4 is 11.6 Å². The van der Waals surface area contributed by atoms with Crippen molar-refractivity contribution < 1.29 is 14.3 Å². The molecule has 0 amide bonds. The Morgan fingerprint density at radius 1 is 1.33 bits per heavy atom. The second kappa shape index (κ2) is 9.49. The predicted molar refractivity (Wildman–Crippen MR) is 116 cm³/mol. The van der Waals surface area contributed by atoms with Crippen LogP contribution >= 0.6 is 0 Å². The van der Waals surface area contributed by atoms with Crippen molar-refractivity contribution in [1.29, 1.82) is 0 Å². The summed E-state index contributed by atoms with van der Waals surface area (Å²) in [6.45, 7) is 5.63. The minimum atomic E-state index is 0.0656. The molecule has 30 heavy (non-hydrogen) atoms. The van der Waals surface area contributed by atoms with Crippen molar-refractivity contribution in [1.82, 2.24) is 9.88 Å². The third kappa shape index (κ3) is 4.60. The molecule has 1 unspecified atom stereocenters. The van der Waals surface area contributed by atoms with Gasteiger partial charge in [-0.25, -0.2) is 0 Å². The zero-order valence-corrected chi connectivity index (χ0v) is 17.7. The number of aliphatic imine (C=N–C) groups is 1. The second-order valence-electron chi connectivity index (χ2n) is 8.07. The van der Waals surface area contributed by atoms with Crippen molar-refractivity contribution in [3.63, 3.8) is 0 Å². The van der Waals surface area contributed by atoms with E-state index in [9.17, 15) is 4.79 Å². The van der Waals surface area contributed by atoms with E-state index in [2.05, 4.69) is 28.9 Å². The molecule has 158 valence electrons. The Balaban J connectivity index is 1.42. The molecular formula is C24H29N3O3. The van der Waals surface area contributed by atoms with Gasteiger partial charge in [0, 0.05) is 49.9 Å². The molecule has 6 heteroatoms. The van der Waals surface area contributed by atoms with E-state index in [0.29, 0.717) is 32.0 Å². The predicted octanol–water partition coefficient (Wildman–Crippen LogP) is 2.99. The van der Waals surface area contributed by atoms with Crippen molar-refractivity contribution in [3.8, 4) is 0 Å². The third-order valence-electron chi connectivity index (χ3n) is 5.82. The van der Waals surface area contributed by atoms with Gasteiger partial charge in [0.1, 0.15) is 11.6 Å². The van der Waals surface area contributed by atoms with E-state index in [1.807, 2.05) is 30.5 Å². The quantitative estimate of drug-likeness (QED) is 0.706. The van der Waals surface area contributed by atoms with E-state index in [-0.39, 0.29) is 11.7 Å². The van der Waals surface area contributed by atoms with Gasteiger partial charge < -0.3 is 14.4 Å². The van der Waals surface area contributed by atoms with Crippen LogP contribution in [0.25, 0.3) is 0 Å². The Bertz CT molecular complexity index is 913. The molecule has 0 bridgehead atoms. The van der Waals surface area contributed by atoms with Crippen molar-refractivity contribution in [2.24, 2.45) is 4.99 Å². The summed E-state index contributed by atoms with van der Waals surface area (Å²) in [4.78, 5) is 24.4. The summed E-state index contributed by atoms with van der Waals surface area (Å²) in [5.41, 5.74) is 4.18. The van der Waals surface area contributed by atoms with Gasteiger partial charge in [0.25, 0.3) is 0 Å². The number of Topliss-reactive ketones (excluding diaryl/α,β-unsaturated/α-hetero) is 1. The maximum absolute atomic E-state index is 12.8. The van der Waals surface area contributed by atoms with E-state index < -0.39 is 0 Å². The van der Waals surface area contributed by atoms with Crippen LogP contribution in [0.5, 0.6) is 0 Å². The number of carbonyl (C=O) groups excluding carboxylic acids is 1. The van der Waals surface area contributed by atoms with Gasteiger partial charge in [0.15, 0.2) is 0 Å². The molecule has 0 N–H and O–H groups in total. The van der Waals surface area contributed by atoms with Crippen LogP contribution in [0.3, 0.4) is 0 Å². The number of benzene rings is 1. The number of rotatable bonds is 7. The first kappa shape index (κ1) is 20.7. The van der Waals surface area contributed by atoms with Crippen LogP contribution in [0.1, 0.15) is 41.6 Å². The van der Waals surface area contributed by atoms with Crippen LogP contribution in [-0.4, -0.2) is 61.0 Å². The number of ether oxygens (including phenoxy) is 2. The highest BCUT2D eigenvalue weighted by Gasteiger charge is 2.28. The first-order chi connectivity index (χ1) is 14.7. The van der Waals surface area contributed by atoms with Gasteiger partial charge >= 0.3 is 0 Å². The highest BCUT2D eigenvalue weighted by Crippen LogP contribution is 2.25. The fourth-order valence-corrected chi connectivity index (χ4v) is 4.26. The van der Waals surface area contributed by atoms with Gasteiger partial charge in [-0.15, -0.1) is 0 Å². The maximum Gasteiger partial charge on any atom is 0.139 e. The summed E-state index contributed by atoms with van der Waals surface area (Å²) in [5, 5.41) is 0. The van der Waals surface area contributed by atoms with E-state index >= 15 is 0 Å². The highest BCUT2D eigenvalue weighted by atomic mass is 16.5. The van der Waals surface area contributed by atoms with Gasteiger partial charge in [-0.2, -0.15) is 0 Å². The molecule has 0 saturated carbocycles. The SMILES string of the molecule is COC[C@@H](CC(=O)Cc1cc2c(cn1)C(N1CCOCC1C)=NC2)c1ccccc1. The molecule has 1 aromatic heterocycles. The van der Waals surface area contributed by atoms with Crippen LogP contribution < -0.4 is 0 Å². The number of aromatic nitrogens is 1. The molecule has 1 saturated heterocycles. The first-order valence-corrected chi connectivity index (χ1v) is 10.6. The number of hydrogen-bond donors (Lipinski definition) is 0. The number of morpholine rings is 1. The van der Waals surface area contributed by atoms with Gasteiger partial charge in [0.05, 0.1) is 32.4 Å². The van der Waals surface area contributed by atoms with Crippen molar-refractivity contribution in [3.05, 3.63) is 65.0 Å². The number of hydrogen-bond acceptors (Lipinski definition) is 6. The zero-order valence-electron chi connectivity index (χ0n) is 17.7. The molecule has 2 aromatic rings. The minimum Gasteiger partial charge on any atom is -0.384 e. The summed E-state index contributed by atoms with van der Waals surface area (Å²) >= 11 is 0. The van der Waals surface area contributed by atoms with Crippen LogP contribution in [0.2, 0.25) is 0 Å². The van der Waals surface area contributed by atoms with E-state index in [1.165, 1.54) is 0 Å². The average Bonchev–Trinajstić information content (AvgIpc) is 3.17. The first-order valence-electron chi connectivity index (χ1n) is 10.6. The smallest absolute Gasteiger partial charge is 0.139 e. The summed E-state index contributed by atoms with van der Waals surface area (Å²) in [6, 6.07) is 12.4. The zero-order chi connectivity index (χ0) is 20.9. The van der Waals surface area contributed by atoms with Crippen LogP contribution in [0.4, 0.5) is 0 Å². The van der Waals surface area contributed by atoms with E-state index in [1.54, 1.807) is 7.11 Å². The monoisotopic (exact) mass is 407 g/mol. The third-order valence-corrected chi connectivity index (χ3v) is 5.82. The molecule has 2 atom stereocenters. The molecule has 0 spiro atoms. The molecule has 3 heterocycles. The lowest BCUT2D eigenvalue weighted by atomic mass is 9.93. The highest BCUT2D eigenvalue weighted by molar-refractivity contribution is 6.02. The summed E-state index contributed by atoms with van der Waals surface area (Å²) in [7, 11) is 1.68. The Kier molecular flexibility index (Phi) is 6.55. The lowest BCUT2D eigenvalue weighted by Gasteiger charge is -2.35. The molecule has 0 radical (unpaired) electrons. The maximum atomic E-state index is 12.8. The van der Waals surface area contributed by atoms with E-state index in [0.717, 1.165) is 48.0 Å². The number of methoxy groups -OCH3 is 1. The van der Waals surface area contributed by atoms with Gasteiger partial charge in [-0.1, -0.05) is 30.3 Å². The van der Waals surface area contributed by atoms with Gasteiger partial charge in [-0.3, -0.25) is 14.8 Å². The van der Waals surface area contributed by atoms with Crippen LogP contribution in [-0.2, 0) is 27.2 Å². The Hall–Kier alpha value is -2.57. The number of amidine groups is 1. The standard InChI is InChI=1S/C24H29N3O3/c1-17-15-30-9-8-27(17)24-23-14-25-21(10-19(23)13-26-24)12-22(28)11-20(16-29-2)18-6-4-3-5-7-18/h3-7,10,14,17,20H,8-9,11-13,15-16H2,1-2H3/t17?,20-/m1/s1.